The molecule has 0 saturated carbocycles. The van der Waals surface area contributed by atoms with Gasteiger partial charge in [-0.1, -0.05) is 63.9 Å². The molecule has 0 unspecified atom stereocenters. The molecule has 1 amide bonds. The van der Waals surface area contributed by atoms with Crippen molar-refractivity contribution >= 4 is 50.4 Å². The maximum absolute atomic E-state index is 12.3. The first-order valence-electron chi connectivity index (χ1n) is 11.4. The normalized spacial score (nSPS) is 11.2. The van der Waals surface area contributed by atoms with Gasteiger partial charge in [0.1, 0.15) is 18.1 Å². The van der Waals surface area contributed by atoms with E-state index >= 15 is 0 Å². The van der Waals surface area contributed by atoms with Gasteiger partial charge in [0, 0.05) is 27.5 Å². The Hall–Kier alpha value is -3.39. The number of halogens is 2. The van der Waals surface area contributed by atoms with Crippen LogP contribution < -0.4 is 15.5 Å². The van der Waals surface area contributed by atoms with Crippen molar-refractivity contribution in [3.05, 3.63) is 105 Å². The van der Waals surface area contributed by atoms with Crippen molar-refractivity contribution in [2.75, 3.05) is 19.7 Å². The van der Waals surface area contributed by atoms with E-state index in [4.69, 9.17) is 16.3 Å². The first-order chi connectivity index (χ1) is 17.5. The van der Waals surface area contributed by atoms with Crippen molar-refractivity contribution < 1.29 is 14.6 Å². The molecule has 0 bridgehead atoms. The molecule has 0 aliphatic rings. The van der Waals surface area contributed by atoms with Crippen molar-refractivity contribution in [3.63, 3.8) is 0 Å². The van der Waals surface area contributed by atoms with E-state index < -0.39 is 5.91 Å². The molecule has 0 spiro atoms. The Kier molecular flexibility index (Phi) is 8.95. The van der Waals surface area contributed by atoms with Gasteiger partial charge >= 0.3 is 0 Å². The second-order valence-corrected chi connectivity index (χ2v) is 9.36. The number of aromatic hydroxyl groups is 1. The van der Waals surface area contributed by atoms with Crippen LogP contribution in [-0.4, -0.2) is 36.9 Å². The molecule has 8 heteroatoms. The number of fused-ring (bicyclic) bond motifs is 1. The number of phenolic OH excluding ortho intramolecular Hbond substituents is 1. The number of nitrogens with zero attached hydrogens (tertiary/aromatic N) is 1. The average Bonchev–Trinajstić information content (AvgIpc) is 2.89. The van der Waals surface area contributed by atoms with Gasteiger partial charge in [0.2, 0.25) is 0 Å². The van der Waals surface area contributed by atoms with Crippen molar-refractivity contribution in [3.8, 4) is 11.5 Å². The molecule has 0 atom stereocenters. The van der Waals surface area contributed by atoms with Crippen LogP contribution in [0.2, 0.25) is 5.02 Å². The molecule has 0 radical (unpaired) electrons. The fraction of sp³-hybridized carbons (Fsp3) is 0.143. The molecule has 0 aliphatic heterocycles. The van der Waals surface area contributed by atoms with Crippen LogP contribution >= 0.6 is 27.5 Å². The number of rotatable bonds is 10. The van der Waals surface area contributed by atoms with E-state index in [0.29, 0.717) is 12.2 Å². The third-order valence-electron chi connectivity index (χ3n) is 5.54. The van der Waals surface area contributed by atoms with Crippen LogP contribution in [0.15, 0.2) is 88.4 Å². The summed E-state index contributed by atoms with van der Waals surface area (Å²) in [6.45, 7) is 2.16. The number of carbonyl (C=O) groups excluding carboxylic acids is 1. The molecule has 4 aromatic rings. The lowest BCUT2D eigenvalue weighted by Gasteiger charge is -2.12. The summed E-state index contributed by atoms with van der Waals surface area (Å²) in [6.07, 6.45) is 2.55. The molecule has 4 aromatic carbocycles. The first kappa shape index (κ1) is 25.7. The fourth-order valence-electron chi connectivity index (χ4n) is 3.65. The number of carbonyl (C=O) groups is 1. The predicted octanol–water partition coefficient (Wildman–Crippen LogP) is 5.94. The maximum Gasteiger partial charge on any atom is 0.271 e. The SMILES string of the molecule is O=C(N/N=C/c1ccc(OCCNCCc2ccc(Br)cc2)c2ccccc12)c1ccc(O)c(Cl)c1. The van der Waals surface area contributed by atoms with Crippen LogP contribution in [0.5, 0.6) is 11.5 Å². The largest absolute Gasteiger partial charge is 0.506 e. The number of phenols is 1. The molecule has 6 nitrogen and oxygen atoms in total. The van der Waals surface area contributed by atoms with Crippen molar-refractivity contribution in [1.82, 2.24) is 10.7 Å². The number of ether oxygens (including phenoxy) is 1. The Bertz CT molecular complexity index is 1380. The Morgan fingerprint density at radius 3 is 2.56 bits per heavy atom. The van der Waals surface area contributed by atoms with Gasteiger partial charge in [0.15, 0.2) is 0 Å². The summed E-state index contributed by atoms with van der Waals surface area (Å²) in [6, 6.07) is 24.3. The van der Waals surface area contributed by atoms with E-state index in [-0.39, 0.29) is 10.8 Å². The molecule has 0 saturated heterocycles. The van der Waals surface area contributed by atoms with Crippen LogP contribution in [-0.2, 0) is 6.42 Å². The lowest BCUT2D eigenvalue weighted by Crippen LogP contribution is -2.23. The summed E-state index contributed by atoms with van der Waals surface area (Å²) >= 11 is 9.33. The second-order valence-electron chi connectivity index (χ2n) is 8.04. The summed E-state index contributed by atoms with van der Waals surface area (Å²) < 4.78 is 7.13. The van der Waals surface area contributed by atoms with Gasteiger partial charge in [0.25, 0.3) is 5.91 Å². The summed E-state index contributed by atoms with van der Waals surface area (Å²) in [5.74, 6) is 0.285. The summed E-state index contributed by atoms with van der Waals surface area (Å²) in [5.41, 5.74) is 4.92. The van der Waals surface area contributed by atoms with Gasteiger partial charge in [-0.3, -0.25) is 4.79 Å². The molecule has 4 rings (SSSR count). The molecular formula is C28H25BrClN3O3. The van der Waals surface area contributed by atoms with Gasteiger partial charge in [-0.2, -0.15) is 5.10 Å². The van der Waals surface area contributed by atoms with Crippen molar-refractivity contribution in [2.45, 2.75) is 6.42 Å². The third kappa shape index (κ3) is 6.85. The average molecular weight is 567 g/mol. The fourth-order valence-corrected chi connectivity index (χ4v) is 4.09. The van der Waals surface area contributed by atoms with Gasteiger partial charge in [-0.15, -0.1) is 0 Å². The first-order valence-corrected chi connectivity index (χ1v) is 12.6. The zero-order chi connectivity index (χ0) is 25.3. The van der Waals surface area contributed by atoms with Crippen LogP contribution in [0.25, 0.3) is 10.8 Å². The van der Waals surface area contributed by atoms with E-state index in [9.17, 15) is 9.90 Å². The molecule has 3 N–H and O–H groups in total. The van der Waals surface area contributed by atoms with E-state index in [1.807, 2.05) is 36.4 Å². The van der Waals surface area contributed by atoms with E-state index in [1.54, 1.807) is 6.21 Å². The zero-order valence-corrected chi connectivity index (χ0v) is 21.7. The smallest absolute Gasteiger partial charge is 0.271 e. The van der Waals surface area contributed by atoms with Gasteiger partial charge in [-0.25, -0.2) is 5.43 Å². The minimum Gasteiger partial charge on any atom is -0.506 e. The van der Waals surface area contributed by atoms with Crippen LogP contribution in [0.4, 0.5) is 0 Å². The number of benzene rings is 4. The highest BCUT2D eigenvalue weighted by atomic mass is 79.9. The zero-order valence-electron chi connectivity index (χ0n) is 19.4. The summed E-state index contributed by atoms with van der Waals surface area (Å²) in [7, 11) is 0. The molecule has 0 fully saturated rings. The highest BCUT2D eigenvalue weighted by Crippen LogP contribution is 2.28. The number of hydrazone groups is 1. The van der Waals surface area contributed by atoms with Gasteiger partial charge < -0.3 is 15.2 Å². The van der Waals surface area contributed by atoms with Gasteiger partial charge in [0.05, 0.1) is 11.2 Å². The standard InChI is InChI=1S/C28H25BrClN3O3/c29-22-9-5-19(6-10-22)13-14-31-15-16-36-27-12-8-21(23-3-1-2-4-24(23)27)18-32-33-28(35)20-7-11-26(34)25(30)17-20/h1-12,17-18,31,34H,13-16H2,(H,33,35)/b32-18+. The maximum atomic E-state index is 12.3. The molecule has 0 aromatic heterocycles. The minimum absolute atomic E-state index is 0.0815. The number of amides is 1. The van der Waals surface area contributed by atoms with Crippen molar-refractivity contribution in [2.24, 2.45) is 5.10 Å². The van der Waals surface area contributed by atoms with Crippen molar-refractivity contribution in [1.29, 1.82) is 0 Å². The molecular weight excluding hydrogens is 542 g/mol. The highest BCUT2D eigenvalue weighted by molar-refractivity contribution is 9.10. The second kappa shape index (κ2) is 12.5. The number of hydrogen-bond acceptors (Lipinski definition) is 5. The van der Waals surface area contributed by atoms with Crippen LogP contribution in [0.1, 0.15) is 21.5 Å². The lowest BCUT2D eigenvalue weighted by molar-refractivity contribution is 0.0955. The van der Waals surface area contributed by atoms with E-state index in [0.717, 1.165) is 46.1 Å². The number of nitrogens with one attached hydrogen (secondary N) is 2. The van der Waals surface area contributed by atoms with E-state index in [1.165, 1.54) is 23.8 Å². The van der Waals surface area contributed by atoms with Gasteiger partial charge in [-0.05, 0) is 66.4 Å². The number of hydrogen-bond donors (Lipinski definition) is 3. The topological polar surface area (TPSA) is 83.0 Å². The quantitative estimate of drug-likeness (QED) is 0.126. The molecule has 184 valence electrons. The van der Waals surface area contributed by atoms with E-state index in [2.05, 4.69) is 56.0 Å². The lowest BCUT2D eigenvalue weighted by atomic mass is 10.0. The minimum atomic E-state index is -0.426. The Morgan fingerprint density at radius 2 is 1.78 bits per heavy atom. The third-order valence-corrected chi connectivity index (χ3v) is 6.37. The Labute approximate surface area is 223 Å². The monoisotopic (exact) mass is 565 g/mol. The molecule has 0 aliphatic carbocycles. The summed E-state index contributed by atoms with van der Waals surface area (Å²) in [5, 5.41) is 19.0. The predicted molar refractivity (Wildman–Crippen MR) is 148 cm³/mol. The molecule has 36 heavy (non-hydrogen) atoms. The molecule has 0 heterocycles. The van der Waals surface area contributed by atoms with Crippen LogP contribution in [0, 0.1) is 0 Å². The Balaban J connectivity index is 1.32. The Morgan fingerprint density at radius 1 is 1.00 bits per heavy atom. The highest BCUT2D eigenvalue weighted by Gasteiger charge is 2.08. The van der Waals surface area contributed by atoms with Crippen LogP contribution in [0.3, 0.4) is 0 Å². The summed E-state index contributed by atoms with van der Waals surface area (Å²) in [4.78, 5) is 12.3.